The lowest BCUT2D eigenvalue weighted by atomic mass is 9.96. The second-order valence-corrected chi connectivity index (χ2v) is 4.90. The highest BCUT2D eigenvalue weighted by Crippen LogP contribution is 2.16. The van der Waals surface area contributed by atoms with Gasteiger partial charge in [0.25, 0.3) is 0 Å². The molecule has 1 aliphatic rings. The average Bonchev–Trinajstić information content (AvgIpc) is 2.39. The lowest BCUT2D eigenvalue weighted by Crippen LogP contribution is -2.41. The lowest BCUT2D eigenvalue weighted by molar-refractivity contribution is -0.126. The van der Waals surface area contributed by atoms with Crippen LogP contribution in [-0.2, 0) is 4.79 Å². The summed E-state index contributed by atoms with van der Waals surface area (Å²) in [5.41, 5.74) is 0. The summed E-state index contributed by atoms with van der Waals surface area (Å²) < 4.78 is 0. The minimum absolute atomic E-state index is 0.109. The molecule has 1 saturated heterocycles. The highest BCUT2D eigenvalue weighted by atomic mass is 16.3. The number of amides is 1. The second-order valence-electron chi connectivity index (χ2n) is 4.90. The van der Waals surface area contributed by atoms with Gasteiger partial charge in [-0.1, -0.05) is 12.8 Å². The van der Waals surface area contributed by atoms with E-state index in [1.807, 2.05) is 6.92 Å². The Morgan fingerprint density at radius 2 is 2.22 bits per heavy atom. The van der Waals surface area contributed by atoms with Gasteiger partial charge in [-0.05, 0) is 38.8 Å². The third kappa shape index (κ3) is 5.07. The smallest absolute Gasteiger partial charge is 0.223 e. The number of carbonyl (C=O) groups is 1. The Hall–Kier alpha value is -1.05. The summed E-state index contributed by atoms with van der Waals surface area (Å²) in [6, 6.07) is 0. The quantitative estimate of drug-likeness (QED) is 0.681. The van der Waals surface area contributed by atoms with Gasteiger partial charge >= 0.3 is 0 Å². The average molecular weight is 252 g/mol. The van der Waals surface area contributed by atoms with Crippen molar-refractivity contribution in [3.05, 3.63) is 0 Å². The van der Waals surface area contributed by atoms with E-state index < -0.39 is 0 Å². The molecule has 1 unspecified atom stereocenters. The fraction of sp³-hybridized carbons (Fsp3) is 0.786. The molecule has 1 fully saturated rings. The van der Waals surface area contributed by atoms with Crippen molar-refractivity contribution in [1.29, 1.82) is 0 Å². The molecule has 0 radical (unpaired) electrons. The maximum absolute atomic E-state index is 11.9. The van der Waals surface area contributed by atoms with E-state index in [0.717, 1.165) is 32.4 Å². The highest BCUT2D eigenvalue weighted by molar-refractivity contribution is 5.78. The van der Waals surface area contributed by atoms with E-state index in [1.165, 1.54) is 0 Å². The van der Waals surface area contributed by atoms with Crippen LogP contribution in [0.25, 0.3) is 0 Å². The summed E-state index contributed by atoms with van der Waals surface area (Å²) in [5, 5.41) is 12.3. The van der Waals surface area contributed by atoms with Crippen molar-refractivity contribution in [2.45, 2.75) is 38.7 Å². The van der Waals surface area contributed by atoms with Crippen LogP contribution in [0.5, 0.6) is 0 Å². The Morgan fingerprint density at radius 3 is 2.78 bits per heavy atom. The number of aliphatic hydroxyl groups excluding tert-OH is 1. The van der Waals surface area contributed by atoms with Gasteiger partial charge in [0.1, 0.15) is 0 Å². The number of carbonyl (C=O) groups excluding carboxylic acids is 1. The number of terminal acetylenes is 1. The number of aliphatic hydroxyl groups is 1. The van der Waals surface area contributed by atoms with E-state index >= 15 is 0 Å². The minimum Gasteiger partial charge on any atom is -0.393 e. The number of nitrogens with zero attached hydrogens (tertiary/aromatic N) is 1. The van der Waals surface area contributed by atoms with Gasteiger partial charge in [0.2, 0.25) is 5.91 Å². The van der Waals surface area contributed by atoms with Gasteiger partial charge in [0.15, 0.2) is 0 Å². The Bertz CT molecular complexity index is 291. The van der Waals surface area contributed by atoms with Crippen LogP contribution in [0.4, 0.5) is 0 Å². The van der Waals surface area contributed by atoms with Crippen molar-refractivity contribution in [1.82, 2.24) is 10.2 Å². The van der Waals surface area contributed by atoms with E-state index in [-0.39, 0.29) is 17.9 Å². The second kappa shape index (κ2) is 8.12. The molecule has 0 aromatic rings. The van der Waals surface area contributed by atoms with E-state index in [9.17, 15) is 9.90 Å². The molecule has 4 nitrogen and oxygen atoms in total. The Balaban J connectivity index is 2.18. The molecule has 1 amide bonds. The fourth-order valence-corrected chi connectivity index (χ4v) is 2.19. The molecule has 0 saturated carbocycles. The van der Waals surface area contributed by atoms with E-state index in [4.69, 9.17) is 6.42 Å². The van der Waals surface area contributed by atoms with Gasteiger partial charge in [0.05, 0.1) is 12.6 Å². The molecule has 0 aliphatic carbocycles. The molecule has 4 heteroatoms. The summed E-state index contributed by atoms with van der Waals surface area (Å²) in [5.74, 6) is 2.87. The Morgan fingerprint density at radius 1 is 1.56 bits per heavy atom. The third-order valence-electron chi connectivity index (χ3n) is 3.52. The van der Waals surface area contributed by atoms with Crippen LogP contribution in [0, 0.1) is 18.3 Å². The summed E-state index contributed by atoms with van der Waals surface area (Å²) in [6.07, 6.45) is 8.09. The van der Waals surface area contributed by atoms with Crippen LogP contribution in [0.3, 0.4) is 0 Å². The molecule has 18 heavy (non-hydrogen) atoms. The van der Waals surface area contributed by atoms with Gasteiger partial charge in [-0.2, -0.15) is 0 Å². The molecule has 1 rings (SSSR count). The maximum atomic E-state index is 11.9. The summed E-state index contributed by atoms with van der Waals surface area (Å²) in [4.78, 5) is 14.1. The zero-order valence-corrected chi connectivity index (χ0v) is 11.2. The number of piperidine rings is 1. The standard InChI is InChI=1S/C14H24N2O2/c1-3-9-16-10-6-12(7-11-16)14(18)15-8-5-13(17)4-2/h1,12-13,17H,4-11H2,2H3,(H,15,18). The number of nitrogens with one attached hydrogen (secondary N) is 1. The van der Waals surface area contributed by atoms with Gasteiger partial charge in [-0.15, -0.1) is 6.42 Å². The minimum atomic E-state index is -0.303. The van der Waals surface area contributed by atoms with E-state index in [1.54, 1.807) is 0 Å². The first kappa shape index (κ1) is 15.0. The molecular weight excluding hydrogens is 228 g/mol. The monoisotopic (exact) mass is 252 g/mol. The lowest BCUT2D eigenvalue weighted by Gasteiger charge is -2.29. The fourth-order valence-electron chi connectivity index (χ4n) is 2.19. The van der Waals surface area contributed by atoms with Crippen LogP contribution in [0.2, 0.25) is 0 Å². The van der Waals surface area contributed by atoms with Gasteiger partial charge < -0.3 is 10.4 Å². The number of hydrogen-bond donors (Lipinski definition) is 2. The molecule has 1 heterocycles. The Labute approximate surface area is 110 Å². The molecule has 0 bridgehead atoms. The largest absolute Gasteiger partial charge is 0.393 e. The first-order valence-electron chi connectivity index (χ1n) is 6.79. The maximum Gasteiger partial charge on any atom is 0.223 e. The van der Waals surface area contributed by atoms with Crippen molar-refractivity contribution >= 4 is 5.91 Å². The molecule has 2 N–H and O–H groups in total. The summed E-state index contributed by atoms with van der Waals surface area (Å²) >= 11 is 0. The normalized spacial score (nSPS) is 19.2. The van der Waals surface area contributed by atoms with Crippen molar-refractivity contribution in [2.75, 3.05) is 26.2 Å². The van der Waals surface area contributed by atoms with Crippen molar-refractivity contribution < 1.29 is 9.90 Å². The highest BCUT2D eigenvalue weighted by Gasteiger charge is 2.24. The third-order valence-corrected chi connectivity index (χ3v) is 3.52. The zero-order chi connectivity index (χ0) is 13.4. The Kier molecular flexibility index (Phi) is 6.77. The number of hydrogen-bond acceptors (Lipinski definition) is 3. The zero-order valence-electron chi connectivity index (χ0n) is 11.2. The first-order chi connectivity index (χ1) is 8.67. The number of rotatable bonds is 6. The van der Waals surface area contributed by atoms with E-state index in [2.05, 4.69) is 16.1 Å². The summed E-state index contributed by atoms with van der Waals surface area (Å²) in [6.45, 7) is 4.99. The molecule has 1 atom stereocenters. The van der Waals surface area contributed by atoms with Crippen molar-refractivity contribution in [3.8, 4) is 12.3 Å². The van der Waals surface area contributed by atoms with Crippen LogP contribution in [0.15, 0.2) is 0 Å². The van der Waals surface area contributed by atoms with Gasteiger partial charge in [0, 0.05) is 12.5 Å². The van der Waals surface area contributed by atoms with E-state index in [0.29, 0.717) is 19.5 Å². The first-order valence-corrected chi connectivity index (χ1v) is 6.79. The predicted molar refractivity (Wildman–Crippen MR) is 71.9 cm³/mol. The van der Waals surface area contributed by atoms with Crippen LogP contribution < -0.4 is 5.32 Å². The molecule has 0 aromatic carbocycles. The van der Waals surface area contributed by atoms with Gasteiger partial charge in [-0.3, -0.25) is 9.69 Å². The molecule has 0 spiro atoms. The molecule has 1 aliphatic heterocycles. The predicted octanol–water partition coefficient (Wildman–Crippen LogP) is 0.609. The topological polar surface area (TPSA) is 52.6 Å². The van der Waals surface area contributed by atoms with Crippen molar-refractivity contribution in [3.63, 3.8) is 0 Å². The molecule has 0 aromatic heterocycles. The number of likely N-dealkylation sites (tertiary alicyclic amines) is 1. The van der Waals surface area contributed by atoms with Gasteiger partial charge in [-0.25, -0.2) is 0 Å². The van der Waals surface area contributed by atoms with Crippen LogP contribution in [-0.4, -0.2) is 48.2 Å². The van der Waals surface area contributed by atoms with Crippen molar-refractivity contribution in [2.24, 2.45) is 5.92 Å². The van der Waals surface area contributed by atoms with Crippen LogP contribution >= 0.6 is 0 Å². The molecular formula is C14H24N2O2. The summed E-state index contributed by atoms with van der Waals surface area (Å²) in [7, 11) is 0. The molecule has 102 valence electrons. The SMILES string of the molecule is C#CCN1CCC(C(=O)NCCC(O)CC)CC1. The van der Waals surface area contributed by atoms with Crippen LogP contribution in [0.1, 0.15) is 32.6 Å².